The van der Waals surface area contributed by atoms with Crippen molar-refractivity contribution in [1.29, 1.82) is 0 Å². The van der Waals surface area contributed by atoms with E-state index in [4.69, 9.17) is 0 Å². The van der Waals surface area contributed by atoms with Crippen LogP contribution in [0.3, 0.4) is 0 Å². The number of nitrogens with zero attached hydrogens (tertiary/aromatic N) is 2. The topological polar surface area (TPSA) is 33.2 Å². The molecular formula is C9H10F2N2OS. The number of likely N-dealkylation sites (tertiary alicyclic amines) is 1. The first-order chi connectivity index (χ1) is 6.99. The number of thiazole rings is 1. The molecule has 0 saturated carbocycles. The van der Waals surface area contributed by atoms with Crippen molar-refractivity contribution >= 4 is 17.2 Å². The monoisotopic (exact) mass is 232 g/mol. The van der Waals surface area contributed by atoms with Gasteiger partial charge in [0.05, 0.1) is 12.1 Å². The van der Waals surface area contributed by atoms with Crippen LogP contribution in [0.25, 0.3) is 0 Å². The lowest BCUT2D eigenvalue weighted by molar-refractivity contribution is 0.0118. The zero-order valence-electron chi connectivity index (χ0n) is 8.11. The molecule has 0 spiro atoms. The second-order valence-corrected chi connectivity index (χ2v) is 4.43. The largest absolute Gasteiger partial charge is 0.328 e. The molecule has 1 aromatic rings. The average Bonchev–Trinajstić information content (AvgIpc) is 2.71. The molecule has 1 fully saturated rings. The van der Waals surface area contributed by atoms with Crippen molar-refractivity contribution in [3.8, 4) is 0 Å². The summed E-state index contributed by atoms with van der Waals surface area (Å²) in [5.41, 5.74) is 1.77. The lowest BCUT2D eigenvalue weighted by Crippen LogP contribution is -2.35. The van der Waals surface area contributed by atoms with Crippen LogP contribution in [0.1, 0.15) is 23.8 Å². The Labute approximate surface area is 89.7 Å². The SMILES string of the molecule is C[C@H]1CC(F)(F)CN1C(=O)c1cscn1. The third kappa shape index (κ3) is 1.99. The fourth-order valence-electron chi connectivity index (χ4n) is 1.75. The number of carbonyl (C=O) groups excluding carboxylic acids is 1. The minimum absolute atomic E-state index is 0.254. The molecule has 1 saturated heterocycles. The van der Waals surface area contributed by atoms with Gasteiger partial charge in [-0.25, -0.2) is 13.8 Å². The second kappa shape index (κ2) is 3.52. The highest BCUT2D eigenvalue weighted by molar-refractivity contribution is 7.07. The van der Waals surface area contributed by atoms with Gasteiger partial charge in [0.2, 0.25) is 0 Å². The third-order valence-corrected chi connectivity index (χ3v) is 3.03. The number of hydrogen-bond donors (Lipinski definition) is 0. The van der Waals surface area contributed by atoms with Gasteiger partial charge in [-0.2, -0.15) is 0 Å². The van der Waals surface area contributed by atoms with Crippen molar-refractivity contribution in [2.45, 2.75) is 25.3 Å². The van der Waals surface area contributed by atoms with Crippen molar-refractivity contribution < 1.29 is 13.6 Å². The van der Waals surface area contributed by atoms with E-state index >= 15 is 0 Å². The van der Waals surface area contributed by atoms with Gasteiger partial charge in [0, 0.05) is 17.8 Å². The minimum Gasteiger partial charge on any atom is -0.328 e. The molecule has 0 N–H and O–H groups in total. The Morgan fingerprint density at radius 3 is 2.93 bits per heavy atom. The number of aromatic nitrogens is 1. The Morgan fingerprint density at radius 2 is 2.47 bits per heavy atom. The molecule has 1 aliphatic rings. The van der Waals surface area contributed by atoms with Crippen LogP contribution >= 0.6 is 11.3 Å². The van der Waals surface area contributed by atoms with Gasteiger partial charge in [-0.3, -0.25) is 4.79 Å². The van der Waals surface area contributed by atoms with Crippen LogP contribution in [-0.2, 0) is 0 Å². The lowest BCUT2D eigenvalue weighted by Gasteiger charge is -2.19. The smallest absolute Gasteiger partial charge is 0.273 e. The summed E-state index contributed by atoms with van der Waals surface area (Å²) in [6, 6.07) is -0.422. The maximum Gasteiger partial charge on any atom is 0.273 e. The van der Waals surface area contributed by atoms with Crippen LogP contribution < -0.4 is 0 Å². The zero-order valence-corrected chi connectivity index (χ0v) is 8.93. The summed E-state index contributed by atoms with van der Waals surface area (Å²) in [6.07, 6.45) is -0.261. The molecule has 0 aromatic carbocycles. The van der Waals surface area contributed by atoms with E-state index in [-0.39, 0.29) is 12.1 Å². The Morgan fingerprint density at radius 1 is 1.73 bits per heavy atom. The number of halogens is 2. The third-order valence-electron chi connectivity index (χ3n) is 2.44. The maximum atomic E-state index is 13.0. The van der Waals surface area contributed by atoms with Crippen LogP contribution in [-0.4, -0.2) is 34.3 Å². The van der Waals surface area contributed by atoms with Crippen molar-refractivity contribution in [3.05, 3.63) is 16.6 Å². The highest BCUT2D eigenvalue weighted by Crippen LogP contribution is 2.32. The fourth-order valence-corrected chi connectivity index (χ4v) is 2.28. The zero-order chi connectivity index (χ0) is 11.1. The summed E-state index contributed by atoms with van der Waals surface area (Å²) >= 11 is 1.28. The Balaban J connectivity index is 2.16. The molecule has 15 heavy (non-hydrogen) atoms. The van der Waals surface area contributed by atoms with Gasteiger partial charge in [0.25, 0.3) is 11.8 Å². The van der Waals surface area contributed by atoms with Gasteiger partial charge in [-0.05, 0) is 6.92 Å². The first-order valence-electron chi connectivity index (χ1n) is 4.56. The molecule has 0 radical (unpaired) electrons. The van der Waals surface area contributed by atoms with E-state index in [1.165, 1.54) is 21.7 Å². The van der Waals surface area contributed by atoms with Crippen LogP contribution in [0.15, 0.2) is 10.9 Å². The first kappa shape index (κ1) is 10.5. The van der Waals surface area contributed by atoms with Gasteiger partial charge < -0.3 is 4.90 Å². The van der Waals surface area contributed by atoms with Gasteiger partial charge in [-0.15, -0.1) is 11.3 Å². The van der Waals surface area contributed by atoms with E-state index in [2.05, 4.69) is 4.98 Å². The molecule has 2 rings (SSSR count). The van der Waals surface area contributed by atoms with E-state index in [0.29, 0.717) is 0 Å². The Hall–Kier alpha value is -1.04. The van der Waals surface area contributed by atoms with E-state index in [1.807, 2.05) is 0 Å². The normalized spacial score (nSPS) is 24.5. The number of rotatable bonds is 1. The quantitative estimate of drug-likeness (QED) is 0.742. The molecule has 2 heterocycles. The Bertz CT molecular complexity index is 366. The molecule has 1 aliphatic heterocycles. The molecule has 0 unspecified atom stereocenters. The van der Waals surface area contributed by atoms with Gasteiger partial charge >= 0.3 is 0 Å². The molecule has 82 valence electrons. The van der Waals surface area contributed by atoms with E-state index in [9.17, 15) is 13.6 Å². The van der Waals surface area contributed by atoms with Gasteiger partial charge in [0.15, 0.2) is 0 Å². The van der Waals surface area contributed by atoms with Gasteiger partial charge in [-0.1, -0.05) is 0 Å². The first-order valence-corrected chi connectivity index (χ1v) is 5.51. The van der Waals surface area contributed by atoms with Crippen molar-refractivity contribution in [2.24, 2.45) is 0 Å². The maximum absolute atomic E-state index is 13.0. The number of carbonyl (C=O) groups is 1. The molecular weight excluding hydrogens is 222 g/mol. The summed E-state index contributed by atoms with van der Waals surface area (Å²) in [5.74, 6) is -3.16. The summed E-state index contributed by atoms with van der Waals surface area (Å²) < 4.78 is 26.1. The number of alkyl halides is 2. The molecule has 1 atom stereocenters. The fraction of sp³-hybridized carbons (Fsp3) is 0.556. The predicted octanol–water partition coefficient (Wildman–Crippen LogP) is 2.01. The van der Waals surface area contributed by atoms with Crippen molar-refractivity contribution in [2.75, 3.05) is 6.54 Å². The molecule has 3 nitrogen and oxygen atoms in total. The highest BCUT2D eigenvalue weighted by atomic mass is 32.1. The summed E-state index contributed by atoms with van der Waals surface area (Å²) in [7, 11) is 0. The molecule has 1 amide bonds. The minimum atomic E-state index is -2.76. The van der Waals surface area contributed by atoms with Crippen molar-refractivity contribution in [1.82, 2.24) is 9.88 Å². The van der Waals surface area contributed by atoms with Crippen LogP contribution in [0.4, 0.5) is 8.78 Å². The summed E-state index contributed by atoms with van der Waals surface area (Å²) in [5, 5.41) is 1.57. The molecule has 1 aromatic heterocycles. The standard InChI is InChI=1S/C9H10F2N2OS/c1-6-2-9(10,11)4-13(6)8(14)7-3-15-5-12-7/h3,5-6H,2,4H2,1H3/t6-/m0/s1. The van der Waals surface area contributed by atoms with E-state index < -0.39 is 24.4 Å². The molecule has 6 heteroatoms. The Kier molecular flexibility index (Phi) is 2.46. The summed E-state index contributed by atoms with van der Waals surface area (Å²) in [4.78, 5) is 16.8. The highest BCUT2D eigenvalue weighted by Gasteiger charge is 2.45. The average molecular weight is 232 g/mol. The van der Waals surface area contributed by atoms with Crippen LogP contribution in [0.5, 0.6) is 0 Å². The predicted molar refractivity (Wildman–Crippen MR) is 52.2 cm³/mol. The lowest BCUT2D eigenvalue weighted by atomic mass is 10.2. The van der Waals surface area contributed by atoms with Gasteiger partial charge in [0.1, 0.15) is 5.69 Å². The number of amides is 1. The van der Waals surface area contributed by atoms with Crippen LogP contribution in [0.2, 0.25) is 0 Å². The number of hydrogen-bond acceptors (Lipinski definition) is 3. The van der Waals surface area contributed by atoms with E-state index in [1.54, 1.807) is 12.3 Å². The summed E-state index contributed by atoms with van der Waals surface area (Å²) in [6.45, 7) is 1.13. The van der Waals surface area contributed by atoms with Crippen molar-refractivity contribution in [3.63, 3.8) is 0 Å². The molecule has 0 aliphatic carbocycles. The second-order valence-electron chi connectivity index (χ2n) is 3.72. The molecule has 0 bridgehead atoms. The van der Waals surface area contributed by atoms with Crippen LogP contribution in [0, 0.1) is 0 Å². The van der Waals surface area contributed by atoms with E-state index in [0.717, 1.165) is 0 Å².